The van der Waals surface area contributed by atoms with Crippen LogP contribution in [-0.2, 0) is 21.3 Å². The molecule has 10 heteroatoms. The van der Waals surface area contributed by atoms with Crippen LogP contribution in [0.2, 0.25) is 5.02 Å². The molecule has 3 aromatic carbocycles. The summed E-state index contributed by atoms with van der Waals surface area (Å²) in [7, 11) is -1.98. The van der Waals surface area contributed by atoms with Gasteiger partial charge in [0.05, 0.1) is 29.7 Å². The first kappa shape index (κ1) is 27.2. The number of hydrogen-bond donors (Lipinski definition) is 2. The molecule has 0 heterocycles. The molecule has 0 saturated heterocycles. The van der Waals surface area contributed by atoms with Gasteiger partial charge in [0.1, 0.15) is 0 Å². The SMILES string of the molecule is COCCCNC(=O)c1ccccc1NC(=O)c1ccc(CN(c2cccc(Cl)c2)S(C)(=O)=O)cc1. The number of anilines is 2. The third-order valence-corrected chi connectivity index (χ3v) is 6.65. The molecule has 3 aromatic rings. The van der Waals surface area contributed by atoms with E-state index < -0.39 is 15.9 Å². The van der Waals surface area contributed by atoms with Crippen LogP contribution < -0.4 is 14.9 Å². The largest absolute Gasteiger partial charge is 0.385 e. The van der Waals surface area contributed by atoms with Gasteiger partial charge in [0.25, 0.3) is 11.8 Å². The van der Waals surface area contributed by atoms with E-state index in [-0.39, 0.29) is 12.5 Å². The van der Waals surface area contributed by atoms with E-state index in [1.165, 1.54) is 4.31 Å². The molecule has 0 aromatic heterocycles. The summed E-state index contributed by atoms with van der Waals surface area (Å²) >= 11 is 6.04. The smallest absolute Gasteiger partial charge is 0.255 e. The zero-order valence-electron chi connectivity index (χ0n) is 20.0. The van der Waals surface area contributed by atoms with Gasteiger partial charge in [-0.1, -0.05) is 41.9 Å². The first-order valence-electron chi connectivity index (χ1n) is 11.2. The number of hydrogen-bond acceptors (Lipinski definition) is 5. The molecule has 2 N–H and O–H groups in total. The molecule has 0 spiro atoms. The topological polar surface area (TPSA) is 105 Å². The molecule has 3 rings (SSSR count). The lowest BCUT2D eigenvalue weighted by atomic mass is 10.1. The Morgan fingerprint density at radius 1 is 0.972 bits per heavy atom. The van der Waals surface area contributed by atoms with Crippen molar-refractivity contribution in [3.63, 3.8) is 0 Å². The molecular weight excluding hydrogens is 502 g/mol. The lowest BCUT2D eigenvalue weighted by Gasteiger charge is -2.22. The Labute approximate surface area is 216 Å². The van der Waals surface area contributed by atoms with Crippen LogP contribution >= 0.6 is 11.6 Å². The maximum atomic E-state index is 12.9. The Balaban J connectivity index is 1.71. The fraction of sp³-hybridized carbons (Fsp3) is 0.231. The number of ether oxygens (including phenoxy) is 1. The van der Waals surface area contributed by atoms with Crippen molar-refractivity contribution >= 4 is 44.8 Å². The Bertz CT molecular complexity index is 1310. The highest BCUT2D eigenvalue weighted by Crippen LogP contribution is 2.24. The number of carbonyl (C=O) groups is 2. The van der Waals surface area contributed by atoms with Crippen molar-refractivity contribution in [1.82, 2.24) is 5.32 Å². The first-order valence-corrected chi connectivity index (χ1v) is 13.4. The number of carbonyl (C=O) groups excluding carboxylic acids is 2. The highest BCUT2D eigenvalue weighted by molar-refractivity contribution is 7.92. The van der Waals surface area contributed by atoms with Crippen molar-refractivity contribution in [1.29, 1.82) is 0 Å². The predicted molar refractivity (Wildman–Crippen MR) is 142 cm³/mol. The Kier molecular flexibility index (Phi) is 9.46. The molecule has 36 heavy (non-hydrogen) atoms. The molecule has 0 atom stereocenters. The first-order chi connectivity index (χ1) is 17.2. The van der Waals surface area contributed by atoms with Gasteiger partial charge in [-0.2, -0.15) is 0 Å². The van der Waals surface area contributed by atoms with Gasteiger partial charge in [-0.3, -0.25) is 13.9 Å². The molecule has 0 bridgehead atoms. The van der Waals surface area contributed by atoms with Gasteiger partial charge in [-0.15, -0.1) is 0 Å². The van der Waals surface area contributed by atoms with Crippen LogP contribution in [0.1, 0.15) is 32.7 Å². The number of halogens is 1. The van der Waals surface area contributed by atoms with Gasteiger partial charge < -0.3 is 15.4 Å². The van der Waals surface area contributed by atoms with Crippen LogP contribution in [-0.4, -0.2) is 46.7 Å². The second kappa shape index (κ2) is 12.5. The number of methoxy groups -OCH3 is 1. The van der Waals surface area contributed by atoms with E-state index in [9.17, 15) is 18.0 Å². The van der Waals surface area contributed by atoms with Crippen molar-refractivity contribution in [3.8, 4) is 0 Å². The predicted octanol–water partition coefficient (Wildman–Crippen LogP) is 4.32. The maximum Gasteiger partial charge on any atom is 0.255 e. The molecule has 0 aliphatic carbocycles. The quantitative estimate of drug-likeness (QED) is 0.360. The van der Waals surface area contributed by atoms with Crippen molar-refractivity contribution < 1.29 is 22.7 Å². The van der Waals surface area contributed by atoms with Crippen molar-refractivity contribution in [2.24, 2.45) is 0 Å². The molecule has 0 aliphatic heterocycles. The molecule has 0 fully saturated rings. The Morgan fingerprint density at radius 3 is 2.36 bits per heavy atom. The van der Waals surface area contributed by atoms with Gasteiger partial charge in [-0.05, 0) is 54.4 Å². The summed E-state index contributed by atoms with van der Waals surface area (Å²) in [5.74, 6) is -0.685. The number of para-hydroxylation sites is 1. The minimum Gasteiger partial charge on any atom is -0.385 e. The molecular formula is C26H28ClN3O5S. The van der Waals surface area contributed by atoms with Crippen LogP contribution in [0.4, 0.5) is 11.4 Å². The van der Waals surface area contributed by atoms with Crippen molar-refractivity contribution in [3.05, 3.63) is 94.5 Å². The average Bonchev–Trinajstić information content (AvgIpc) is 2.85. The van der Waals surface area contributed by atoms with E-state index in [2.05, 4.69) is 10.6 Å². The highest BCUT2D eigenvalue weighted by atomic mass is 35.5. The molecule has 0 radical (unpaired) electrons. The summed E-state index contributed by atoms with van der Waals surface area (Å²) < 4.78 is 31.0. The second-order valence-electron chi connectivity index (χ2n) is 8.05. The molecule has 0 saturated carbocycles. The summed E-state index contributed by atoms with van der Waals surface area (Å²) in [5, 5.41) is 6.02. The van der Waals surface area contributed by atoms with Crippen molar-refractivity contribution in [2.75, 3.05) is 36.1 Å². The fourth-order valence-corrected chi connectivity index (χ4v) is 4.52. The standard InChI is InChI=1S/C26H28ClN3O5S/c1-35-16-6-15-28-26(32)23-9-3-4-10-24(23)29-25(31)20-13-11-19(12-14-20)18-30(36(2,33)34)22-8-5-7-21(27)17-22/h3-5,7-14,17H,6,15-16,18H2,1-2H3,(H,28,32)(H,29,31). The summed E-state index contributed by atoms with van der Waals surface area (Å²) in [6.45, 7) is 1.07. The number of rotatable bonds is 11. The zero-order valence-corrected chi connectivity index (χ0v) is 21.6. The summed E-state index contributed by atoms with van der Waals surface area (Å²) in [4.78, 5) is 25.4. The van der Waals surface area contributed by atoms with Crippen LogP contribution in [0.3, 0.4) is 0 Å². The van der Waals surface area contributed by atoms with E-state index in [1.54, 1.807) is 79.9 Å². The monoisotopic (exact) mass is 529 g/mol. The van der Waals surface area contributed by atoms with E-state index in [1.807, 2.05) is 0 Å². The van der Waals surface area contributed by atoms with E-state index in [0.717, 1.165) is 6.26 Å². The maximum absolute atomic E-state index is 12.9. The normalized spacial score (nSPS) is 11.1. The van der Waals surface area contributed by atoms with E-state index >= 15 is 0 Å². The second-order valence-corrected chi connectivity index (χ2v) is 10.4. The number of amides is 2. The summed E-state index contributed by atoms with van der Waals surface area (Å²) in [6.07, 6.45) is 1.80. The molecule has 2 amide bonds. The number of nitrogens with one attached hydrogen (secondary N) is 2. The fourth-order valence-electron chi connectivity index (χ4n) is 3.46. The van der Waals surface area contributed by atoms with Gasteiger partial charge in [-0.25, -0.2) is 8.42 Å². The third kappa shape index (κ3) is 7.55. The third-order valence-electron chi connectivity index (χ3n) is 5.27. The van der Waals surface area contributed by atoms with Crippen LogP contribution in [0.5, 0.6) is 0 Å². The van der Waals surface area contributed by atoms with Crippen LogP contribution in [0.15, 0.2) is 72.8 Å². The number of sulfonamides is 1. The summed E-state index contributed by atoms with van der Waals surface area (Å²) in [6, 6.07) is 19.9. The average molecular weight is 530 g/mol. The van der Waals surface area contributed by atoms with Gasteiger partial charge in [0.2, 0.25) is 10.0 Å². The van der Waals surface area contributed by atoms with E-state index in [0.29, 0.717) is 52.7 Å². The molecule has 190 valence electrons. The van der Waals surface area contributed by atoms with Crippen molar-refractivity contribution in [2.45, 2.75) is 13.0 Å². The number of nitrogens with zero attached hydrogens (tertiary/aromatic N) is 1. The highest BCUT2D eigenvalue weighted by Gasteiger charge is 2.19. The molecule has 8 nitrogen and oxygen atoms in total. The van der Waals surface area contributed by atoms with Crippen LogP contribution in [0, 0.1) is 0 Å². The summed E-state index contributed by atoms with van der Waals surface area (Å²) in [5.41, 5.74) is 2.24. The minimum absolute atomic E-state index is 0.0765. The van der Waals surface area contributed by atoms with Gasteiger partial charge in [0.15, 0.2) is 0 Å². The molecule has 0 aliphatic rings. The van der Waals surface area contributed by atoms with Gasteiger partial charge >= 0.3 is 0 Å². The van der Waals surface area contributed by atoms with Crippen LogP contribution in [0.25, 0.3) is 0 Å². The zero-order chi connectivity index (χ0) is 26.1. The molecule has 0 unspecified atom stereocenters. The minimum atomic E-state index is -3.57. The van der Waals surface area contributed by atoms with E-state index in [4.69, 9.17) is 16.3 Å². The lowest BCUT2D eigenvalue weighted by molar-refractivity contribution is 0.0949. The number of benzene rings is 3. The van der Waals surface area contributed by atoms with Gasteiger partial charge in [0, 0.05) is 30.8 Å². The Morgan fingerprint density at radius 2 is 1.69 bits per heavy atom. The lowest BCUT2D eigenvalue weighted by Crippen LogP contribution is -2.29. The Hall–Kier alpha value is -3.40.